The van der Waals surface area contributed by atoms with Crippen molar-refractivity contribution in [1.29, 1.82) is 0 Å². The summed E-state index contributed by atoms with van der Waals surface area (Å²) in [6.45, 7) is 9.27. The first kappa shape index (κ1) is 35.0. The van der Waals surface area contributed by atoms with Crippen molar-refractivity contribution >= 4 is 29.9 Å². The van der Waals surface area contributed by atoms with Gasteiger partial charge in [-0.15, -0.1) is 12.4 Å². The van der Waals surface area contributed by atoms with Crippen LogP contribution in [-0.4, -0.2) is 57.1 Å². The number of halogens is 2. The highest BCUT2D eigenvalue weighted by atomic mass is 35.5. The molecule has 0 aliphatic rings. The van der Waals surface area contributed by atoms with Crippen LogP contribution >= 0.6 is 24.0 Å². The molecule has 0 heterocycles. The van der Waals surface area contributed by atoms with Crippen molar-refractivity contribution in [3.05, 3.63) is 58.6 Å². The Balaban J connectivity index is 0.00000760. The topological polar surface area (TPSA) is 103 Å². The minimum Gasteiger partial charge on any atom is -0.493 e. The fourth-order valence-corrected chi connectivity index (χ4v) is 4.44. The van der Waals surface area contributed by atoms with Gasteiger partial charge in [0, 0.05) is 37.7 Å². The lowest BCUT2D eigenvalue weighted by molar-refractivity contribution is -0.126. The number of aliphatic hydroxyl groups is 1. The van der Waals surface area contributed by atoms with Gasteiger partial charge >= 0.3 is 0 Å². The van der Waals surface area contributed by atoms with E-state index in [1.807, 2.05) is 44.2 Å². The molecule has 2 aromatic carbocycles. The molecule has 9 heteroatoms. The molecule has 0 fully saturated rings. The Hall–Kier alpha value is -2.03. The fourth-order valence-electron chi connectivity index (χ4n) is 4.31. The number of rotatable bonds is 16. The Morgan fingerprint density at radius 2 is 1.74 bits per heavy atom. The standard InChI is InChI=1S/C30H45ClN2O5.ClH/c1-20(2)22(16-21-8-13-27(37-6)28(17-21)38-15-7-14-36-5)18-25(32)26(34)19-33-29(35)30(3,4)23-9-11-24(31)12-10-23;/h8-13,17,20,22,25-26,34H,7,14-16,18-19,32H2,1-6H3,(H,33,35);1H. The van der Waals surface area contributed by atoms with Crippen molar-refractivity contribution in [2.45, 2.75) is 64.5 Å². The maximum absolute atomic E-state index is 12.9. The number of amides is 1. The van der Waals surface area contributed by atoms with E-state index < -0.39 is 17.6 Å². The van der Waals surface area contributed by atoms with E-state index in [9.17, 15) is 9.90 Å². The molecule has 0 radical (unpaired) electrons. The van der Waals surface area contributed by atoms with E-state index >= 15 is 0 Å². The number of benzene rings is 2. The van der Waals surface area contributed by atoms with Crippen molar-refractivity contribution in [1.82, 2.24) is 5.32 Å². The number of ether oxygens (including phenoxy) is 3. The largest absolute Gasteiger partial charge is 0.493 e. The predicted molar refractivity (Wildman–Crippen MR) is 160 cm³/mol. The molecule has 0 aromatic heterocycles. The molecule has 3 atom stereocenters. The van der Waals surface area contributed by atoms with Crippen molar-refractivity contribution < 1.29 is 24.1 Å². The number of hydrogen-bond acceptors (Lipinski definition) is 6. The number of aliphatic hydroxyl groups excluding tert-OH is 1. The lowest BCUT2D eigenvalue weighted by Gasteiger charge is -2.29. The van der Waals surface area contributed by atoms with E-state index in [0.717, 1.165) is 24.0 Å². The second-order valence-corrected chi connectivity index (χ2v) is 11.1. The van der Waals surface area contributed by atoms with Gasteiger partial charge in [-0.2, -0.15) is 0 Å². The molecule has 0 bridgehead atoms. The molecule has 4 N–H and O–H groups in total. The number of carbonyl (C=O) groups excluding carboxylic acids is 1. The maximum Gasteiger partial charge on any atom is 0.230 e. The van der Waals surface area contributed by atoms with Crippen LogP contribution < -0.4 is 20.5 Å². The van der Waals surface area contributed by atoms with Crippen LogP contribution in [0.3, 0.4) is 0 Å². The Morgan fingerprint density at radius 3 is 2.33 bits per heavy atom. The first-order valence-corrected chi connectivity index (χ1v) is 13.6. The smallest absolute Gasteiger partial charge is 0.230 e. The molecule has 0 aliphatic carbocycles. The third kappa shape index (κ3) is 10.8. The highest BCUT2D eigenvalue weighted by Crippen LogP contribution is 2.31. The Bertz CT molecular complexity index is 1000. The molecule has 220 valence electrons. The summed E-state index contributed by atoms with van der Waals surface area (Å²) >= 11 is 5.98. The average Bonchev–Trinajstić information content (AvgIpc) is 2.89. The van der Waals surface area contributed by atoms with Gasteiger partial charge in [-0.1, -0.05) is 43.6 Å². The second kappa shape index (κ2) is 16.9. The molecule has 3 unspecified atom stereocenters. The van der Waals surface area contributed by atoms with Gasteiger partial charge in [-0.3, -0.25) is 4.79 Å². The summed E-state index contributed by atoms with van der Waals surface area (Å²) in [5, 5.41) is 14.3. The lowest BCUT2D eigenvalue weighted by Crippen LogP contribution is -2.48. The summed E-state index contributed by atoms with van der Waals surface area (Å²) in [5.41, 5.74) is 7.62. The number of nitrogens with two attached hydrogens (primary N) is 1. The van der Waals surface area contributed by atoms with Crippen molar-refractivity contribution in [2.75, 3.05) is 34.0 Å². The van der Waals surface area contributed by atoms with E-state index in [-0.39, 0.29) is 30.8 Å². The molecule has 0 saturated heterocycles. The van der Waals surface area contributed by atoms with E-state index in [2.05, 4.69) is 19.2 Å². The van der Waals surface area contributed by atoms with Crippen LogP contribution in [0, 0.1) is 11.8 Å². The normalized spacial score (nSPS) is 13.8. The number of methoxy groups -OCH3 is 2. The van der Waals surface area contributed by atoms with Crippen LogP contribution in [0.2, 0.25) is 5.02 Å². The monoisotopic (exact) mass is 584 g/mol. The number of carbonyl (C=O) groups is 1. The third-order valence-electron chi connectivity index (χ3n) is 7.09. The number of hydrogen-bond donors (Lipinski definition) is 3. The molecule has 2 aromatic rings. The zero-order chi connectivity index (χ0) is 28.3. The Morgan fingerprint density at radius 1 is 1.08 bits per heavy atom. The zero-order valence-corrected chi connectivity index (χ0v) is 25.6. The summed E-state index contributed by atoms with van der Waals surface area (Å²) in [6.07, 6.45) is 1.33. The molecule has 39 heavy (non-hydrogen) atoms. The second-order valence-electron chi connectivity index (χ2n) is 10.7. The molecular formula is C30H46Cl2N2O5. The van der Waals surface area contributed by atoms with Crippen LogP contribution in [-0.2, 0) is 21.4 Å². The molecular weight excluding hydrogens is 539 g/mol. The first-order chi connectivity index (χ1) is 18.0. The van der Waals surface area contributed by atoms with Crippen LogP contribution in [0.1, 0.15) is 51.7 Å². The molecule has 2 rings (SSSR count). The predicted octanol–water partition coefficient (Wildman–Crippen LogP) is 5.17. The van der Waals surface area contributed by atoms with E-state index in [1.54, 1.807) is 26.4 Å². The quantitative estimate of drug-likeness (QED) is 0.235. The van der Waals surface area contributed by atoms with Crippen LogP contribution in [0.15, 0.2) is 42.5 Å². The molecule has 1 amide bonds. The maximum atomic E-state index is 12.9. The van der Waals surface area contributed by atoms with E-state index in [4.69, 9.17) is 31.5 Å². The van der Waals surface area contributed by atoms with Gasteiger partial charge in [0.1, 0.15) is 0 Å². The summed E-state index contributed by atoms with van der Waals surface area (Å²) in [6, 6.07) is 12.7. The van der Waals surface area contributed by atoms with Crippen LogP contribution in [0.4, 0.5) is 0 Å². The van der Waals surface area contributed by atoms with Crippen molar-refractivity contribution in [3.63, 3.8) is 0 Å². The molecule has 0 saturated carbocycles. The van der Waals surface area contributed by atoms with Gasteiger partial charge in [0.05, 0.1) is 25.2 Å². The first-order valence-electron chi connectivity index (χ1n) is 13.3. The average molecular weight is 586 g/mol. The summed E-state index contributed by atoms with van der Waals surface area (Å²) in [4.78, 5) is 12.9. The van der Waals surface area contributed by atoms with Gasteiger partial charge in [-0.25, -0.2) is 0 Å². The van der Waals surface area contributed by atoms with Crippen LogP contribution in [0.25, 0.3) is 0 Å². The molecule has 7 nitrogen and oxygen atoms in total. The van der Waals surface area contributed by atoms with Crippen LogP contribution in [0.5, 0.6) is 11.5 Å². The Kier molecular flexibility index (Phi) is 15.2. The molecule has 0 spiro atoms. The van der Waals surface area contributed by atoms with Crippen molar-refractivity contribution in [2.24, 2.45) is 17.6 Å². The molecule has 0 aliphatic heterocycles. The highest BCUT2D eigenvalue weighted by molar-refractivity contribution is 6.30. The Labute approximate surface area is 245 Å². The van der Waals surface area contributed by atoms with Gasteiger partial charge in [0.2, 0.25) is 5.91 Å². The fraction of sp³-hybridized carbons (Fsp3) is 0.567. The third-order valence-corrected chi connectivity index (χ3v) is 7.35. The lowest BCUT2D eigenvalue weighted by atomic mass is 9.82. The zero-order valence-electron chi connectivity index (χ0n) is 24.0. The van der Waals surface area contributed by atoms with Gasteiger partial charge < -0.3 is 30.4 Å². The summed E-state index contributed by atoms with van der Waals surface area (Å²) in [5.74, 6) is 1.80. The van der Waals surface area contributed by atoms with Crippen molar-refractivity contribution in [3.8, 4) is 11.5 Å². The van der Waals surface area contributed by atoms with E-state index in [1.165, 1.54) is 0 Å². The number of nitrogens with one attached hydrogen (secondary N) is 1. The highest BCUT2D eigenvalue weighted by Gasteiger charge is 2.31. The summed E-state index contributed by atoms with van der Waals surface area (Å²) < 4.78 is 16.5. The van der Waals surface area contributed by atoms with E-state index in [0.29, 0.717) is 42.1 Å². The van der Waals surface area contributed by atoms with Gasteiger partial charge in [0.25, 0.3) is 0 Å². The SMILES string of the molecule is COCCCOc1cc(CC(CC(N)C(O)CNC(=O)C(C)(C)c2ccc(Cl)cc2)C(C)C)ccc1OC.Cl. The van der Waals surface area contributed by atoms with Gasteiger partial charge in [-0.05, 0) is 73.9 Å². The minimum atomic E-state index is -0.864. The minimum absolute atomic E-state index is 0. The summed E-state index contributed by atoms with van der Waals surface area (Å²) in [7, 11) is 3.30. The van der Waals surface area contributed by atoms with Gasteiger partial charge in [0.15, 0.2) is 11.5 Å².